The average Bonchev–Trinajstić information content (AvgIpc) is 2.40. The topological polar surface area (TPSA) is 40.5 Å². The van der Waals surface area contributed by atoms with Crippen molar-refractivity contribution in [3.8, 4) is 11.5 Å². The molecule has 0 saturated carbocycles. The molecule has 0 atom stereocenters. The van der Waals surface area contributed by atoms with E-state index in [1.165, 1.54) is 11.1 Å². The van der Waals surface area contributed by atoms with E-state index in [9.17, 15) is 10.2 Å². The summed E-state index contributed by atoms with van der Waals surface area (Å²) in [5.74, 6) is 0.612. The van der Waals surface area contributed by atoms with Crippen LogP contribution >= 0.6 is 0 Å². The van der Waals surface area contributed by atoms with Gasteiger partial charge < -0.3 is 10.2 Å². The first-order chi connectivity index (χ1) is 10.5. The number of hydrogen-bond acceptors (Lipinski definition) is 2. The summed E-state index contributed by atoms with van der Waals surface area (Å²) in [6, 6.07) is 11.3. The van der Waals surface area contributed by atoms with Crippen molar-refractivity contribution in [2.75, 3.05) is 0 Å². The van der Waals surface area contributed by atoms with Gasteiger partial charge in [0.2, 0.25) is 0 Å². The van der Waals surface area contributed by atoms with Gasteiger partial charge in [0.05, 0.1) is 0 Å². The van der Waals surface area contributed by atoms with Crippen LogP contribution in [0.15, 0.2) is 36.4 Å². The van der Waals surface area contributed by atoms with Crippen LogP contribution in [0.1, 0.15) is 63.8 Å². The van der Waals surface area contributed by atoms with Crippen LogP contribution < -0.4 is 0 Å². The van der Waals surface area contributed by atoms with E-state index in [0.29, 0.717) is 11.5 Å². The number of phenolic OH excluding ortho intramolecular Hbond substituents is 2. The van der Waals surface area contributed by atoms with Crippen LogP contribution in [0.4, 0.5) is 0 Å². The monoisotopic (exact) mass is 312 g/mol. The van der Waals surface area contributed by atoms with Gasteiger partial charge in [0.1, 0.15) is 11.5 Å². The fourth-order valence-corrected chi connectivity index (χ4v) is 3.04. The Kier molecular flexibility index (Phi) is 4.48. The molecule has 2 heteroatoms. The van der Waals surface area contributed by atoms with Gasteiger partial charge in [0, 0.05) is 0 Å². The zero-order chi connectivity index (χ0) is 17.4. The third-order valence-electron chi connectivity index (χ3n) is 4.18. The van der Waals surface area contributed by atoms with E-state index in [0.717, 1.165) is 17.5 Å². The van der Waals surface area contributed by atoms with Crippen LogP contribution in [0.5, 0.6) is 11.5 Å². The molecule has 2 aromatic carbocycles. The molecule has 0 bridgehead atoms. The molecule has 0 heterocycles. The summed E-state index contributed by atoms with van der Waals surface area (Å²) in [5.41, 5.74) is 4.67. The van der Waals surface area contributed by atoms with Gasteiger partial charge in [0.15, 0.2) is 0 Å². The number of aromatic hydroxyl groups is 2. The van der Waals surface area contributed by atoms with Crippen LogP contribution in [0.25, 0.3) is 0 Å². The largest absolute Gasteiger partial charge is 0.508 e. The van der Waals surface area contributed by atoms with E-state index in [4.69, 9.17) is 0 Å². The minimum Gasteiger partial charge on any atom is -0.508 e. The molecule has 0 radical (unpaired) electrons. The van der Waals surface area contributed by atoms with Gasteiger partial charge in [-0.25, -0.2) is 0 Å². The van der Waals surface area contributed by atoms with Crippen molar-refractivity contribution in [1.29, 1.82) is 0 Å². The Morgan fingerprint density at radius 3 is 1.30 bits per heavy atom. The lowest BCUT2D eigenvalue weighted by Crippen LogP contribution is -2.17. The molecule has 2 nitrogen and oxygen atoms in total. The fraction of sp³-hybridized carbons (Fsp3) is 0.429. The highest BCUT2D eigenvalue weighted by molar-refractivity contribution is 5.46. The molecule has 0 fully saturated rings. The Balaban J connectivity index is 2.53. The lowest BCUT2D eigenvalue weighted by molar-refractivity contribution is 0.469. The van der Waals surface area contributed by atoms with Gasteiger partial charge in [-0.05, 0) is 63.8 Å². The van der Waals surface area contributed by atoms with Crippen LogP contribution in [-0.2, 0) is 17.3 Å². The highest BCUT2D eigenvalue weighted by Gasteiger charge is 2.22. The number of phenols is 2. The van der Waals surface area contributed by atoms with Gasteiger partial charge in [-0.15, -0.1) is 0 Å². The minimum atomic E-state index is -0.0348. The summed E-state index contributed by atoms with van der Waals surface area (Å²) in [6.45, 7) is 13.0. The van der Waals surface area contributed by atoms with Crippen molar-refractivity contribution < 1.29 is 10.2 Å². The van der Waals surface area contributed by atoms with Gasteiger partial charge in [-0.3, -0.25) is 0 Å². The predicted molar refractivity (Wildman–Crippen MR) is 96.4 cm³/mol. The molecular weight excluding hydrogens is 284 g/mol. The second-order valence-electron chi connectivity index (χ2n) is 8.36. The van der Waals surface area contributed by atoms with Gasteiger partial charge in [-0.2, -0.15) is 0 Å². The number of rotatable bonds is 2. The molecule has 0 spiro atoms. The summed E-state index contributed by atoms with van der Waals surface area (Å²) in [5, 5.41) is 19.7. The Morgan fingerprint density at radius 2 is 1.00 bits per heavy atom. The van der Waals surface area contributed by atoms with Crippen molar-refractivity contribution in [3.63, 3.8) is 0 Å². The zero-order valence-corrected chi connectivity index (χ0v) is 15.1. The highest BCUT2D eigenvalue weighted by Crippen LogP contribution is 2.34. The summed E-state index contributed by atoms with van der Waals surface area (Å²) in [6.07, 6.45) is 0.791. The predicted octanol–water partition coefficient (Wildman–Crippen LogP) is 5.28. The summed E-state index contributed by atoms with van der Waals surface area (Å²) in [7, 11) is 0. The first-order valence-corrected chi connectivity index (χ1v) is 8.13. The van der Waals surface area contributed by atoms with Gasteiger partial charge >= 0.3 is 0 Å². The van der Waals surface area contributed by atoms with Crippen molar-refractivity contribution in [2.45, 2.75) is 58.8 Å². The van der Waals surface area contributed by atoms with Gasteiger partial charge in [-0.1, -0.05) is 53.7 Å². The molecule has 0 amide bonds. The summed E-state index contributed by atoms with van der Waals surface area (Å²) < 4.78 is 0. The van der Waals surface area contributed by atoms with E-state index >= 15 is 0 Å². The first-order valence-electron chi connectivity index (χ1n) is 8.13. The third kappa shape index (κ3) is 4.07. The van der Waals surface area contributed by atoms with Crippen LogP contribution in [0.3, 0.4) is 0 Å². The van der Waals surface area contributed by atoms with Crippen molar-refractivity contribution in [3.05, 3.63) is 58.7 Å². The lowest BCUT2D eigenvalue weighted by atomic mass is 9.78. The van der Waals surface area contributed by atoms with Crippen molar-refractivity contribution in [2.24, 2.45) is 0 Å². The van der Waals surface area contributed by atoms with E-state index in [2.05, 4.69) is 41.5 Å². The van der Waals surface area contributed by atoms with Crippen LogP contribution in [0, 0.1) is 0 Å². The molecular formula is C21H28O2. The normalized spacial score (nSPS) is 12.4. The number of hydrogen-bond donors (Lipinski definition) is 2. The van der Waals surface area contributed by atoms with Crippen molar-refractivity contribution in [1.82, 2.24) is 0 Å². The maximum atomic E-state index is 9.85. The zero-order valence-electron chi connectivity index (χ0n) is 15.1. The third-order valence-corrected chi connectivity index (χ3v) is 4.18. The molecule has 2 rings (SSSR count). The Morgan fingerprint density at radius 1 is 0.652 bits per heavy atom. The quantitative estimate of drug-likeness (QED) is 0.791. The van der Waals surface area contributed by atoms with E-state index in [-0.39, 0.29) is 10.8 Å². The second kappa shape index (κ2) is 5.92. The summed E-state index contributed by atoms with van der Waals surface area (Å²) in [4.78, 5) is 0. The van der Waals surface area contributed by atoms with E-state index < -0.39 is 0 Å². The molecule has 0 saturated heterocycles. The molecule has 0 aliphatic heterocycles. The molecule has 0 aromatic heterocycles. The minimum absolute atomic E-state index is 0.0348. The molecule has 0 unspecified atom stereocenters. The van der Waals surface area contributed by atoms with E-state index in [1.807, 2.05) is 24.3 Å². The fourth-order valence-electron chi connectivity index (χ4n) is 3.04. The second-order valence-corrected chi connectivity index (χ2v) is 8.36. The molecule has 124 valence electrons. The smallest absolute Gasteiger partial charge is 0.115 e. The Bertz CT molecular complexity index is 639. The van der Waals surface area contributed by atoms with Crippen molar-refractivity contribution >= 4 is 0 Å². The SMILES string of the molecule is CC(C)(C)c1cc(O)ccc1Cc1ccc(O)cc1C(C)(C)C. The standard InChI is InChI=1S/C21H28O2/c1-20(2,3)18-12-16(22)9-7-14(18)11-15-8-10-17(23)13-19(15)21(4,5)6/h7-10,12-13,22-23H,11H2,1-6H3. The Hall–Kier alpha value is -1.96. The molecule has 2 aromatic rings. The first kappa shape index (κ1) is 17.4. The molecule has 0 aliphatic rings. The van der Waals surface area contributed by atoms with E-state index in [1.54, 1.807) is 12.1 Å². The average molecular weight is 312 g/mol. The summed E-state index contributed by atoms with van der Waals surface area (Å²) >= 11 is 0. The maximum Gasteiger partial charge on any atom is 0.115 e. The Labute approximate surface area is 139 Å². The highest BCUT2D eigenvalue weighted by atomic mass is 16.3. The van der Waals surface area contributed by atoms with Crippen LogP contribution in [0.2, 0.25) is 0 Å². The molecule has 2 N–H and O–H groups in total. The number of benzene rings is 2. The van der Waals surface area contributed by atoms with Crippen LogP contribution in [-0.4, -0.2) is 10.2 Å². The molecule has 0 aliphatic carbocycles. The van der Waals surface area contributed by atoms with Gasteiger partial charge in [0.25, 0.3) is 0 Å². The maximum absolute atomic E-state index is 9.85. The molecule has 23 heavy (non-hydrogen) atoms. The lowest BCUT2D eigenvalue weighted by Gasteiger charge is -2.26.